The second kappa shape index (κ2) is 8.71. The normalized spacial score (nSPS) is 10.4. The Labute approximate surface area is 157 Å². The quantitative estimate of drug-likeness (QED) is 0.398. The van der Waals surface area contributed by atoms with Crippen molar-refractivity contribution in [2.75, 3.05) is 0 Å². The largest absolute Gasteiger partial charge is 0.378 e. The zero-order chi connectivity index (χ0) is 19.9. The van der Waals surface area contributed by atoms with Gasteiger partial charge in [-0.1, -0.05) is 51.3 Å². The van der Waals surface area contributed by atoms with Gasteiger partial charge in [0.05, 0.1) is 0 Å². The molecule has 2 aromatic rings. The van der Waals surface area contributed by atoms with Crippen molar-refractivity contribution in [1.82, 2.24) is 0 Å². The molecule has 2 aromatic carbocycles. The molecule has 0 aromatic heterocycles. The predicted molar refractivity (Wildman–Crippen MR) is 98.8 cm³/mol. The monoisotopic (exact) mass is 368 g/mol. The van der Waals surface area contributed by atoms with E-state index in [4.69, 9.17) is 9.78 Å². The van der Waals surface area contributed by atoms with Crippen molar-refractivity contribution in [3.63, 3.8) is 0 Å². The lowest BCUT2D eigenvalue weighted by Crippen LogP contribution is -2.18. The van der Waals surface area contributed by atoms with Gasteiger partial charge < -0.3 is 0 Å². The Morgan fingerprint density at radius 1 is 0.741 bits per heavy atom. The minimum atomic E-state index is -0.666. The van der Waals surface area contributed by atoms with Crippen molar-refractivity contribution in [3.8, 4) is 11.5 Å². The smallest absolute Gasteiger partial charge is 0.287 e. The van der Waals surface area contributed by atoms with Crippen molar-refractivity contribution < 1.29 is 29.1 Å². The van der Waals surface area contributed by atoms with E-state index in [1.54, 1.807) is 24.3 Å². The molecule has 0 N–H and O–H groups in total. The van der Waals surface area contributed by atoms with Gasteiger partial charge in [-0.3, -0.25) is 9.78 Å². The molecule has 0 fully saturated rings. The molecule has 0 heterocycles. The highest BCUT2D eigenvalue weighted by atomic mass is 17.2. The van der Waals surface area contributed by atoms with Gasteiger partial charge in [0.1, 0.15) is 0 Å². The average molecular weight is 368 g/mol. The van der Waals surface area contributed by atoms with Crippen LogP contribution >= 0.6 is 0 Å². The molecule has 0 aliphatic carbocycles. The summed E-state index contributed by atoms with van der Waals surface area (Å²) in [6.45, 7) is 10.7. The van der Waals surface area contributed by atoms with Crippen LogP contribution in [0.4, 0.5) is 0 Å². The highest BCUT2D eigenvalue weighted by Gasteiger charge is 2.23. The van der Waals surface area contributed by atoms with Gasteiger partial charge in [0.25, 0.3) is 0 Å². The number of hydrogen-bond donors (Lipinski definition) is 0. The van der Waals surface area contributed by atoms with Crippen molar-refractivity contribution in [3.05, 3.63) is 85.0 Å². The van der Waals surface area contributed by atoms with Gasteiger partial charge in [0.15, 0.2) is 11.5 Å². The van der Waals surface area contributed by atoms with Gasteiger partial charge in [0, 0.05) is 17.6 Å². The molecular weight excluding hydrogens is 348 g/mol. The average Bonchev–Trinajstić information content (AvgIpc) is 2.70. The van der Waals surface area contributed by atoms with Crippen LogP contribution in [0.1, 0.15) is 25.0 Å². The third-order valence-electron chi connectivity index (χ3n) is 3.93. The van der Waals surface area contributed by atoms with Crippen LogP contribution in [-0.2, 0) is 24.8 Å². The van der Waals surface area contributed by atoms with E-state index in [0.29, 0.717) is 11.5 Å². The number of carbonyl (C=O) groups excluding carboxylic acids is 2. The standard InChI is InChI=1S/C21H20O6/c1-5-19(22)26-24-17-11-7-15(8-12-17)21(3,4)16-9-13-18(14-10-16)25-27-20(23)6-2/h5-14H,1-2H2,3-4H3. The molecule has 0 radical (unpaired) electrons. The van der Waals surface area contributed by atoms with Gasteiger partial charge >= 0.3 is 11.9 Å². The Kier molecular flexibility index (Phi) is 6.38. The zero-order valence-electron chi connectivity index (χ0n) is 15.1. The van der Waals surface area contributed by atoms with Gasteiger partial charge in [0.2, 0.25) is 0 Å². The molecule has 6 heteroatoms. The first-order valence-corrected chi connectivity index (χ1v) is 8.09. The van der Waals surface area contributed by atoms with Crippen LogP contribution in [0.5, 0.6) is 11.5 Å². The fourth-order valence-electron chi connectivity index (χ4n) is 2.27. The van der Waals surface area contributed by atoms with E-state index in [1.807, 2.05) is 24.3 Å². The molecule has 0 spiro atoms. The molecule has 140 valence electrons. The molecule has 0 amide bonds. The summed E-state index contributed by atoms with van der Waals surface area (Å²) < 4.78 is 0. The number of rotatable bonds is 8. The number of benzene rings is 2. The van der Waals surface area contributed by atoms with E-state index in [0.717, 1.165) is 23.3 Å². The van der Waals surface area contributed by atoms with Crippen molar-refractivity contribution >= 4 is 11.9 Å². The Balaban J connectivity index is 2.08. The summed E-state index contributed by atoms with van der Waals surface area (Å²) >= 11 is 0. The molecule has 0 saturated carbocycles. The molecule has 0 atom stereocenters. The molecule has 27 heavy (non-hydrogen) atoms. The number of hydrogen-bond acceptors (Lipinski definition) is 6. The lowest BCUT2D eigenvalue weighted by Gasteiger charge is -2.26. The highest BCUT2D eigenvalue weighted by Crippen LogP contribution is 2.33. The Hall–Kier alpha value is -3.54. The molecule has 2 rings (SSSR count). The summed E-state index contributed by atoms with van der Waals surface area (Å²) in [6, 6.07) is 14.4. The molecule has 0 aliphatic heterocycles. The second-order valence-corrected chi connectivity index (χ2v) is 6.05. The zero-order valence-corrected chi connectivity index (χ0v) is 15.1. The van der Waals surface area contributed by atoms with Crippen LogP contribution in [0.15, 0.2) is 73.8 Å². The van der Waals surface area contributed by atoms with E-state index in [-0.39, 0.29) is 5.41 Å². The minimum Gasteiger partial charge on any atom is -0.287 e. The first kappa shape index (κ1) is 19.8. The third kappa shape index (κ3) is 5.22. The molecule has 0 aliphatic rings. The van der Waals surface area contributed by atoms with E-state index in [2.05, 4.69) is 36.8 Å². The molecule has 0 saturated heterocycles. The first-order chi connectivity index (χ1) is 12.9. The fourth-order valence-corrected chi connectivity index (χ4v) is 2.27. The Bertz CT molecular complexity index is 749. The summed E-state index contributed by atoms with van der Waals surface area (Å²) in [4.78, 5) is 40.9. The van der Waals surface area contributed by atoms with E-state index < -0.39 is 11.9 Å². The third-order valence-corrected chi connectivity index (χ3v) is 3.93. The second-order valence-electron chi connectivity index (χ2n) is 6.05. The Morgan fingerprint density at radius 2 is 1.07 bits per heavy atom. The van der Waals surface area contributed by atoms with Crippen LogP contribution in [0.25, 0.3) is 0 Å². The first-order valence-electron chi connectivity index (χ1n) is 8.09. The van der Waals surface area contributed by atoms with Crippen molar-refractivity contribution in [2.45, 2.75) is 19.3 Å². The van der Waals surface area contributed by atoms with Crippen LogP contribution < -0.4 is 9.78 Å². The maximum absolute atomic E-state index is 11.0. The predicted octanol–water partition coefficient (Wildman–Crippen LogP) is 4.06. The van der Waals surface area contributed by atoms with Crippen LogP contribution in [-0.4, -0.2) is 11.9 Å². The summed E-state index contributed by atoms with van der Waals surface area (Å²) in [6.07, 6.45) is 2.03. The number of carbonyl (C=O) groups is 2. The van der Waals surface area contributed by atoms with E-state index in [1.165, 1.54) is 0 Å². The lowest BCUT2D eigenvalue weighted by molar-refractivity contribution is -0.207. The summed E-state index contributed by atoms with van der Waals surface area (Å²) in [5.74, 6) is -0.531. The van der Waals surface area contributed by atoms with E-state index in [9.17, 15) is 9.59 Å². The molecule has 0 unspecified atom stereocenters. The topological polar surface area (TPSA) is 71.1 Å². The molecular formula is C21H20O6. The summed E-state index contributed by atoms with van der Waals surface area (Å²) in [5.41, 5.74) is 1.74. The van der Waals surface area contributed by atoms with Crippen molar-refractivity contribution in [2.24, 2.45) is 0 Å². The maximum Gasteiger partial charge on any atom is 0.378 e. The summed E-state index contributed by atoms with van der Waals surface area (Å²) in [7, 11) is 0. The lowest BCUT2D eigenvalue weighted by atomic mass is 9.78. The van der Waals surface area contributed by atoms with Gasteiger partial charge in [-0.15, -0.1) is 0 Å². The highest BCUT2D eigenvalue weighted by molar-refractivity contribution is 5.81. The molecule has 0 bridgehead atoms. The van der Waals surface area contributed by atoms with Gasteiger partial charge in [-0.05, 0) is 35.4 Å². The fraction of sp³-hybridized carbons (Fsp3) is 0.143. The summed E-state index contributed by atoms with van der Waals surface area (Å²) in [5, 5.41) is 0. The van der Waals surface area contributed by atoms with Gasteiger partial charge in [-0.2, -0.15) is 0 Å². The van der Waals surface area contributed by atoms with E-state index >= 15 is 0 Å². The van der Waals surface area contributed by atoms with Crippen LogP contribution in [0.3, 0.4) is 0 Å². The Morgan fingerprint density at radius 3 is 1.37 bits per heavy atom. The van der Waals surface area contributed by atoms with Crippen molar-refractivity contribution in [1.29, 1.82) is 0 Å². The van der Waals surface area contributed by atoms with Crippen LogP contribution in [0.2, 0.25) is 0 Å². The van der Waals surface area contributed by atoms with Crippen LogP contribution in [0, 0.1) is 0 Å². The van der Waals surface area contributed by atoms with Gasteiger partial charge in [-0.25, -0.2) is 19.4 Å². The SMILES string of the molecule is C=CC(=O)OOc1ccc(C(C)(C)c2ccc(OOC(=O)C=C)cc2)cc1. The minimum absolute atomic E-state index is 0.313. The maximum atomic E-state index is 11.0. The molecule has 6 nitrogen and oxygen atoms in total.